The summed E-state index contributed by atoms with van der Waals surface area (Å²) in [4.78, 5) is 15.5. The van der Waals surface area contributed by atoms with Crippen molar-refractivity contribution < 1.29 is 4.79 Å². The molecule has 1 aromatic carbocycles. The smallest absolute Gasteiger partial charge is 0.238 e. The van der Waals surface area contributed by atoms with Crippen LogP contribution >= 0.6 is 0 Å². The maximum absolute atomic E-state index is 11.6. The van der Waals surface area contributed by atoms with E-state index in [1.165, 1.54) is 0 Å². The van der Waals surface area contributed by atoms with Crippen LogP contribution < -0.4 is 10.6 Å². The number of carbonyl (C=O) groups excluding carboxylic acids is 1. The monoisotopic (exact) mass is 244 g/mol. The van der Waals surface area contributed by atoms with Gasteiger partial charge in [0.15, 0.2) is 0 Å². The number of para-hydroxylation sites is 1. The van der Waals surface area contributed by atoms with Gasteiger partial charge < -0.3 is 15.2 Å². The molecule has 0 radical (unpaired) electrons. The van der Waals surface area contributed by atoms with Crippen molar-refractivity contribution in [1.82, 2.24) is 14.9 Å². The second-order valence-electron chi connectivity index (χ2n) is 3.89. The van der Waals surface area contributed by atoms with Crippen molar-refractivity contribution >= 4 is 11.6 Å². The van der Waals surface area contributed by atoms with Crippen LogP contribution in [0, 0.1) is 0 Å². The Morgan fingerprint density at radius 1 is 1.28 bits per heavy atom. The molecule has 0 spiro atoms. The van der Waals surface area contributed by atoms with E-state index in [4.69, 9.17) is 0 Å². The third kappa shape index (κ3) is 4.03. The van der Waals surface area contributed by atoms with E-state index >= 15 is 0 Å². The number of hydrogen-bond donors (Lipinski definition) is 2. The molecular weight excluding hydrogens is 228 g/mol. The van der Waals surface area contributed by atoms with Crippen LogP contribution in [0.15, 0.2) is 49.1 Å². The Labute approximate surface area is 106 Å². The van der Waals surface area contributed by atoms with Gasteiger partial charge in [0.05, 0.1) is 12.9 Å². The fourth-order valence-electron chi connectivity index (χ4n) is 1.56. The number of rotatable bonds is 6. The van der Waals surface area contributed by atoms with Crippen LogP contribution in [-0.2, 0) is 11.3 Å². The zero-order valence-corrected chi connectivity index (χ0v) is 10.0. The summed E-state index contributed by atoms with van der Waals surface area (Å²) in [7, 11) is 0. The molecule has 0 saturated carbocycles. The molecule has 0 atom stereocenters. The maximum atomic E-state index is 11.6. The van der Waals surface area contributed by atoms with Crippen molar-refractivity contribution in [2.75, 3.05) is 18.4 Å². The average Bonchev–Trinajstić information content (AvgIpc) is 2.89. The number of imidazole rings is 1. The van der Waals surface area contributed by atoms with Gasteiger partial charge >= 0.3 is 0 Å². The van der Waals surface area contributed by atoms with Gasteiger partial charge in [-0.3, -0.25) is 4.79 Å². The van der Waals surface area contributed by atoms with E-state index in [2.05, 4.69) is 15.6 Å². The van der Waals surface area contributed by atoms with Crippen LogP contribution in [0.4, 0.5) is 5.69 Å². The third-order valence-corrected chi connectivity index (χ3v) is 2.45. The van der Waals surface area contributed by atoms with Gasteiger partial charge in [-0.2, -0.15) is 0 Å². The predicted octanol–water partition coefficient (Wildman–Crippen LogP) is 1.11. The molecule has 0 aliphatic rings. The summed E-state index contributed by atoms with van der Waals surface area (Å²) in [6, 6.07) is 9.43. The van der Waals surface area contributed by atoms with Crippen LogP contribution in [0.3, 0.4) is 0 Å². The molecular formula is C13H16N4O. The van der Waals surface area contributed by atoms with E-state index < -0.39 is 0 Å². The fraction of sp³-hybridized carbons (Fsp3) is 0.231. The Hall–Kier alpha value is -2.14. The first-order valence-electron chi connectivity index (χ1n) is 5.86. The van der Waals surface area contributed by atoms with Crippen molar-refractivity contribution in [3.8, 4) is 0 Å². The van der Waals surface area contributed by atoms with Crippen LogP contribution in [0.25, 0.3) is 0 Å². The van der Waals surface area contributed by atoms with Gasteiger partial charge in [0, 0.05) is 31.2 Å². The van der Waals surface area contributed by atoms with Crippen LogP contribution in [0.2, 0.25) is 0 Å². The Kier molecular flexibility index (Phi) is 4.49. The van der Waals surface area contributed by atoms with Crippen LogP contribution in [0.1, 0.15) is 0 Å². The number of amides is 1. The second kappa shape index (κ2) is 6.56. The van der Waals surface area contributed by atoms with Gasteiger partial charge in [-0.1, -0.05) is 18.2 Å². The topological polar surface area (TPSA) is 59.0 Å². The van der Waals surface area contributed by atoms with E-state index in [1.807, 2.05) is 41.1 Å². The average molecular weight is 244 g/mol. The first-order chi connectivity index (χ1) is 8.84. The summed E-state index contributed by atoms with van der Waals surface area (Å²) < 4.78 is 1.96. The summed E-state index contributed by atoms with van der Waals surface area (Å²) in [6.45, 7) is 1.85. The number of aromatic nitrogens is 2. The highest BCUT2D eigenvalue weighted by molar-refractivity contribution is 5.92. The minimum Gasteiger partial charge on any atom is -0.336 e. The zero-order chi connectivity index (χ0) is 12.6. The Morgan fingerprint density at radius 2 is 2.11 bits per heavy atom. The zero-order valence-electron chi connectivity index (χ0n) is 10.0. The molecule has 94 valence electrons. The molecule has 0 aliphatic heterocycles. The van der Waals surface area contributed by atoms with Gasteiger partial charge in [0.1, 0.15) is 0 Å². The lowest BCUT2D eigenvalue weighted by atomic mass is 10.3. The molecule has 0 bridgehead atoms. The molecule has 18 heavy (non-hydrogen) atoms. The molecule has 0 aliphatic carbocycles. The number of nitrogens with zero attached hydrogens (tertiary/aromatic N) is 2. The minimum absolute atomic E-state index is 0.0353. The van der Waals surface area contributed by atoms with E-state index in [9.17, 15) is 4.79 Å². The normalized spacial score (nSPS) is 10.2. The van der Waals surface area contributed by atoms with Crippen molar-refractivity contribution in [3.05, 3.63) is 49.1 Å². The van der Waals surface area contributed by atoms with Crippen molar-refractivity contribution in [3.63, 3.8) is 0 Å². The van der Waals surface area contributed by atoms with Crippen molar-refractivity contribution in [1.29, 1.82) is 0 Å². The van der Waals surface area contributed by atoms with E-state index in [0.717, 1.165) is 18.8 Å². The Balaban J connectivity index is 1.63. The van der Waals surface area contributed by atoms with Crippen LogP contribution in [0.5, 0.6) is 0 Å². The van der Waals surface area contributed by atoms with E-state index in [-0.39, 0.29) is 5.91 Å². The first-order valence-corrected chi connectivity index (χ1v) is 5.86. The number of anilines is 1. The third-order valence-electron chi connectivity index (χ3n) is 2.45. The quantitative estimate of drug-likeness (QED) is 0.748. The molecule has 0 saturated heterocycles. The number of hydrogen-bond acceptors (Lipinski definition) is 3. The Bertz CT molecular complexity index is 467. The van der Waals surface area contributed by atoms with E-state index in [0.29, 0.717) is 6.54 Å². The largest absolute Gasteiger partial charge is 0.336 e. The summed E-state index contributed by atoms with van der Waals surface area (Å²) >= 11 is 0. The first kappa shape index (κ1) is 12.3. The van der Waals surface area contributed by atoms with Gasteiger partial charge in [0.2, 0.25) is 5.91 Å². The standard InChI is InChI=1S/C13H16N4O/c18-13(16-12-4-2-1-3-5-12)10-14-6-8-17-9-7-15-11-17/h1-5,7,9,11,14H,6,8,10H2,(H,16,18). The van der Waals surface area contributed by atoms with Crippen LogP contribution in [-0.4, -0.2) is 28.5 Å². The highest BCUT2D eigenvalue weighted by Gasteiger charge is 2.00. The van der Waals surface area contributed by atoms with Gasteiger partial charge in [-0.15, -0.1) is 0 Å². The van der Waals surface area contributed by atoms with Crippen molar-refractivity contribution in [2.45, 2.75) is 6.54 Å². The summed E-state index contributed by atoms with van der Waals surface area (Å²) in [5.74, 6) is -0.0353. The van der Waals surface area contributed by atoms with Gasteiger partial charge in [-0.05, 0) is 12.1 Å². The molecule has 1 heterocycles. The lowest BCUT2D eigenvalue weighted by molar-refractivity contribution is -0.115. The SMILES string of the molecule is O=C(CNCCn1ccnc1)Nc1ccccc1. The lowest BCUT2D eigenvalue weighted by Gasteiger charge is -2.06. The number of carbonyl (C=O) groups is 1. The van der Waals surface area contributed by atoms with Crippen molar-refractivity contribution in [2.24, 2.45) is 0 Å². The molecule has 2 aromatic rings. The highest BCUT2D eigenvalue weighted by Crippen LogP contribution is 2.03. The number of nitrogens with one attached hydrogen (secondary N) is 2. The Morgan fingerprint density at radius 3 is 2.83 bits per heavy atom. The van der Waals surface area contributed by atoms with E-state index in [1.54, 1.807) is 12.5 Å². The molecule has 1 amide bonds. The van der Waals surface area contributed by atoms with Gasteiger partial charge in [0.25, 0.3) is 0 Å². The molecule has 0 fully saturated rings. The lowest BCUT2D eigenvalue weighted by Crippen LogP contribution is -2.30. The molecule has 5 heteroatoms. The summed E-state index contributed by atoms with van der Waals surface area (Å²) in [5, 5.41) is 5.90. The molecule has 5 nitrogen and oxygen atoms in total. The van der Waals surface area contributed by atoms with Gasteiger partial charge in [-0.25, -0.2) is 4.98 Å². The summed E-state index contributed by atoms with van der Waals surface area (Å²) in [5.41, 5.74) is 0.818. The minimum atomic E-state index is -0.0353. The fourth-order valence-corrected chi connectivity index (χ4v) is 1.56. The molecule has 2 rings (SSSR count). The second-order valence-corrected chi connectivity index (χ2v) is 3.89. The number of benzene rings is 1. The molecule has 0 unspecified atom stereocenters. The maximum Gasteiger partial charge on any atom is 0.238 e. The molecule has 2 N–H and O–H groups in total. The predicted molar refractivity (Wildman–Crippen MR) is 70.2 cm³/mol. The summed E-state index contributed by atoms with van der Waals surface area (Å²) in [6.07, 6.45) is 5.39. The highest BCUT2D eigenvalue weighted by atomic mass is 16.1. The molecule has 1 aromatic heterocycles.